The number of rotatable bonds is 8. The molecule has 104 valence electrons. The lowest BCUT2D eigenvalue weighted by molar-refractivity contribution is 0.129. The molecule has 0 saturated heterocycles. The van der Waals surface area contributed by atoms with E-state index in [9.17, 15) is 0 Å². The second-order valence-corrected chi connectivity index (χ2v) is 5.65. The van der Waals surface area contributed by atoms with Crippen LogP contribution in [0, 0.1) is 0 Å². The SMILES string of the molecule is CCCOCCCn1cncc1CNC(C)(C)C. The molecule has 0 bridgehead atoms. The molecule has 1 heterocycles. The molecule has 4 nitrogen and oxygen atoms in total. The minimum absolute atomic E-state index is 0.138. The summed E-state index contributed by atoms with van der Waals surface area (Å²) in [4.78, 5) is 4.22. The van der Waals surface area contributed by atoms with Crippen LogP contribution in [0.3, 0.4) is 0 Å². The Balaban J connectivity index is 2.31. The quantitative estimate of drug-likeness (QED) is 0.724. The first kappa shape index (κ1) is 15.2. The van der Waals surface area contributed by atoms with Crippen molar-refractivity contribution in [2.24, 2.45) is 0 Å². The summed E-state index contributed by atoms with van der Waals surface area (Å²) in [5.41, 5.74) is 1.37. The second-order valence-electron chi connectivity index (χ2n) is 5.65. The highest BCUT2D eigenvalue weighted by Crippen LogP contribution is 2.05. The Morgan fingerprint density at radius 2 is 2.11 bits per heavy atom. The van der Waals surface area contributed by atoms with Gasteiger partial charge in [0.15, 0.2) is 0 Å². The maximum atomic E-state index is 5.49. The topological polar surface area (TPSA) is 39.1 Å². The Morgan fingerprint density at radius 1 is 1.33 bits per heavy atom. The van der Waals surface area contributed by atoms with E-state index in [0.717, 1.165) is 39.1 Å². The molecule has 18 heavy (non-hydrogen) atoms. The van der Waals surface area contributed by atoms with Crippen molar-refractivity contribution in [1.82, 2.24) is 14.9 Å². The van der Waals surface area contributed by atoms with Crippen LogP contribution >= 0.6 is 0 Å². The third kappa shape index (κ3) is 6.17. The van der Waals surface area contributed by atoms with Crippen LogP contribution in [0.5, 0.6) is 0 Å². The lowest BCUT2D eigenvalue weighted by Gasteiger charge is -2.21. The summed E-state index contributed by atoms with van der Waals surface area (Å²) in [7, 11) is 0. The van der Waals surface area contributed by atoms with Crippen LogP contribution < -0.4 is 5.32 Å². The number of imidazole rings is 1. The molecule has 1 aromatic rings. The van der Waals surface area contributed by atoms with Gasteiger partial charge in [-0.2, -0.15) is 0 Å². The van der Waals surface area contributed by atoms with E-state index >= 15 is 0 Å². The molecule has 0 fully saturated rings. The molecule has 4 heteroatoms. The Labute approximate surface area is 111 Å². The second kappa shape index (κ2) is 7.54. The van der Waals surface area contributed by atoms with Crippen LogP contribution in [-0.2, 0) is 17.8 Å². The van der Waals surface area contributed by atoms with Crippen molar-refractivity contribution in [1.29, 1.82) is 0 Å². The fourth-order valence-corrected chi connectivity index (χ4v) is 1.64. The van der Waals surface area contributed by atoms with Gasteiger partial charge < -0.3 is 14.6 Å². The van der Waals surface area contributed by atoms with Crippen molar-refractivity contribution in [3.63, 3.8) is 0 Å². The number of nitrogens with zero attached hydrogens (tertiary/aromatic N) is 2. The van der Waals surface area contributed by atoms with Gasteiger partial charge in [-0.15, -0.1) is 0 Å². The number of aryl methyl sites for hydroxylation is 1. The van der Waals surface area contributed by atoms with Gasteiger partial charge in [-0.05, 0) is 33.6 Å². The van der Waals surface area contributed by atoms with Gasteiger partial charge in [-0.3, -0.25) is 0 Å². The number of hydrogen-bond donors (Lipinski definition) is 1. The fraction of sp³-hybridized carbons (Fsp3) is 0.786. The third-order valence-corrected chi connectivity index (χ3v) is 2.63. The zero-order valence-electron chi connectivity index (χ0n) is 12.2. The van der Waals surface area contributed by atoms with Crippen molar-refractivity contribution >= 4 is 0 Å². The number of hydrogen-bond acceptors (Lipinski definition) is 3. The van der Waals surface area contributed by atoms with E-state index in [-0.39, 0.29) is 5.54 Å². The van der Waals surface area contributed by atoms with Crippen molar-refractivity contribution in [3.05, 3.63) is 18.2 Å². The van der Waals surface area contributed by atoms with Crippen LogP contribution in [-0.4, -0.2) is 28.3 Å². The summed E-state index contributed by atoms with van der Waals surface area (Å²) >= 11 is 0. The standard InChI is InChI=1S/C14H27N3O/c1-5-8-18-9-6-7-17-12-15-10-13(17)11-16-14(2,3)4/h10,12,16H,5-9,11H2,1-4H3. The molecule has 1 rings (SSSR count). The first-order valence-corrected chi connectivity index (χ1v) is 6.84. The zero-order chi connectivity index (χ0) is 13.4. The summed E-state index contributed by atoms with van der Waals surface area (Å²) in [5, 5.41) is 3.48. The summed E-state index contributed by atoms with van der Waals surface area (Å²) in [6, 6.07) is 0. The van der Waals surface area contributed by atoms with E-state index in [1.165, 1.54) is 5.69 Å². The highest BCUT2D eigenvalue weighted by atomic mass is 16.5. The molecule has 1 aromatic heterocycles. The minimum Gasteiger partial charge on any atom is -0.381 e. The molecular formula is C14H27N3O. The first-order chi connectivity index (χ1) is 8.53. The third-order valence-electron chi connectivity index (χ3n) is 2.63. The van der Waals surface area contributed by atoms with Gasteiger partial charge in [0.05, 0.1) is 12.0 Å². The van der Waals surface area contributed by atoms with Crippen molar-refractivity contribution in [2.75, 3.05) is 13.2 Å². The Kier molecular flexibility index (Phi) is 6.36. The maximum absolute atomic E-state index is 5.49. The van der Waals surface area contributed by atoms with Crippen LogP contribution in [0.2, 0.25) is 0 Å². The van der Waals surface area contributed by atoms with E-state index in [2.05, 4.69) is 42.6 Å². The molecular weight excluding hydrogens is 226 g/mol. The highest BCUT2D eigenvalue weighted by molar-refractivity contribution is 4.98. The van der Waals surface area contributed by atoms with Crippen molar-refractivity contribution < 1.29 is 4.74 Å². The minimum atomic E-state index is 0.138. The molecule has 1 N–H and O–H groups in total. The molecule has 0 spiro atoms. The van der Waals surface area contributed by atoms with Gasteiger partial charge in [0.2, 0.25) is 0 Å². The van der Waals surface area contributed by atoms with E-state index < -0.39 is 0 Å². The predicted octanol–water partition coefficient (Wildman–Crippen LogP) is 2.59. The molecule has 0 aliphatic rings. The highest BCUT2D eigenvalue weighted by Gasteiger charge is 2.10. The number of ether oxygens (including phenoxy) is 1. The molecule has 0 aliphatic carbocycles. The van der Waals surface area contributed by atoms with Crippen molar-refractivity contribution in [2.45, 2.75) is 59.2 Å². The summed E-state index contributed by atoms with van der Waals surface area (Å²) < 4.78 is 7.69. The van der Waals surface area contributed by atoms with Gasteiger partial charge in [0, 0.05) is 38.0 Å². The molecule has 0 unspecified atom stereocenters. The maximum Gasteiger partial charge on any atom is 0.0948 e. The first-order valence-electron chi connectivity index (χ1n) is 6.84. The van der Waals surface area contributed by atoms with Gasteiger partial charge in [0.25, 0.3) is 0 Å². The monoisotopic (exact) mass is 253 g/mol. The predicted molar refractivity (Wildman–Crippen MR) is 74.5 cm³/mol. The van der Waals surface area contributed by atoms with Crippen LogP contribution in [0.25, 0.3) is 0 Å². The van der Waals surface area contributed by atoms with E-state index in [0.29, 0.717) is 0 Å². The molecule has 0 amide bonds. The summed E-state index contributed by atoms with van der Waals surface area (Å²) in [5.74, 6) is 0. The molecule has 0 aromatic carbocycles. The van der Waals surface area contributed by atoms with Gasteiger partial charge in [-0.25, -0.2) is 4.98 Å². The Hall–Kier alpha value is -0.870. The van der Waals surface area contributed by atoms with Crippen molar-refractivity contribution in [3.8, 4) is 0 Å². The van der Waals surface area contributed by atoms with E-state index in [4.69, 9.17) is 4.74 Å². The van der Waals surface area contributed by atoms with E-state index in [1.54, 1.807) is 0 Å². The number of nitrogens with one attached hydrogen (secondary N) is 1. The molecule has 0 saturated carbocycles. The average molecular weight is 253 g/mol. The lowest BCUT2D eigenvalue weighted by Crippen LogP contribution is -2.35. The normalized spacial score (nSPS) is 12.0. The average Bonchev–Trinajstić information content (AvgIpc) is 2.73. The number of aromatic nitrogens is 2. The smallest absolute Gasteiger partial charge is 0.0948 e. The Bertz CT molecular complexity index is 328. The van der Waals surface area contributed by atoms with Crippen LogP contribution in [0.4, 0.5) is 0 Å². The molecule has 0 aliphatic heterocycles. The Morgan fingerprint density at radius 3 is 2.78 bits per heavy atom. The summed E-state index contributed by atoms with van der Waals surface area (Å²) in [6.45, 7) is 12.2. The zero-order valence-corrected chi connectivity index (χ0v) is 12.2. The fourth-order valence-electron chi connectivity index (χ4n) is 1.64. The van der Waals surface area contributed by atoms with Crippen LogP contribution in [0.15, 0.2) is 12.5 Å². The van der Waals surface area contributed by atoms with Gasteiger partial charge in [0.1, 0.15) is 0 Å². The van der Waals surface area contributed by atoms with Crippen LogP contribution in [0.1, 0.15) is 46.2 Å². The molecule has 0 radical (unpaired) electrons. The molecule has 0 atom stereocenters. The van der Waals surface area contributed by atoms with E-state index in [1.807, 2.05) is 12.5 Å². The van der Waals surface area contributed by atoms with Gasteiger partial charge >= 0.3 is 0 Å². The van der Waals surface area contributed by atoms with Gasteiger partial charge in [-0.1, -0.05) is 6.92 Å². The summed E-state index contributed by atoms with van der Waals surface area (Å²) in [6.07, 6.45) is 5.97. The lowest BCUT2D eigenvalue weighted by atomic mass is 10.1. The largest absolute Gasteiger partial charge is 0.381 e.